The van der Waals surface area contributed by atoms with Crippen molar-refractivity contribution in [2.75, 3.05) is 9.44 Å². The summed E-state index contributed by atoms with van der Waals surface area (Å²) in [7, 11) is -12.4. The number of hydrogen-bond acceptors (Lipinski definition) is 6. The van der Waals surface area contributed by atoms with Crippen molar-refractivity contribution in [1.29, 1.82) is 0 Å². The second-order valence-corrected chi connectivity index (χ2v) is 13.7. The van der Waals surface area contributed by atoms with Gasteiger partial charge in [-0.15, -0.1) is 0 Å². The zero-order valence-corrected chi connectivity index (χ0v) is 22.4. The maximum absolute atomic E-state index is 13.4. The van der Waals surface area contributed by atoms with Crippen molar-refractivity contribution in [3.8, 4) is 0 Å². The lowest BCUT2D eigenvalue weighted by molar-refractivity contribution is 0.595. The van der Waals surface area contributed by atoms with E-state index in [-0.39, 0.29) is 19.6 Å². The first-order chi connectivity index (χ1) is 17.4. The average Bonchev–Trinajstić information content (AvgIpc) is 2.84. The van der Waals surface area contributed by atoms with Crippen LogP contribution in [0.3, 0.4) is 0 Å². The first kappa shape index (κ1) is 26.4. The first-order valence-corrected chi connectivity index (χ1v) is 15.5. The molecule has 0 aromatic heterocycles. The number of anilines is 2. The molecule has 0 saturated heterocycles. The highest BCUT2D eigenvalue weighted by molar-refractivity contribution is 7.93. The molecule has 0 bridgehead atoms. The van der Waals surface area contributed by atoms with E-state index in [0.29, 0.717) is 11.4 Å². The predicted octanol–water partition coefficient (Wildman–Crippen LogP) is 4.74. The van der Waals surface area contributed by atoms with Gasteiger partial charge >= 0.3 is 0 Å². The lowest BCUT2D eigenvalue weighted by Crippen LogP contribution is -2.15. The number of nitrogens with one attached hydrogen (secondary N) is 2. The van der Waals surface area contributed by atoms with E-state index in [4.69, 9.17) is 0 Å². The molecule has 4 rings (SSSR count). The minimum absolute atomic E-state index is 0.250. The van der Waals surface area contributed by atoms with E-state index in [2.05, 4.69) is 9.44 Å². The first-order valence-electron chi connectivity index (χ1n) is 11.0. The van der Waals surface area contributed by atoms with Crippen molar-refractivity contribution in [2.24, 2.45) is 0 Å². The predicted molar refractivity (Wildman–Crippen MR) is 142 cm³/mol. The third-order valence-corrected chi connectivity index (χ3v) is 9.90. The van der Waals surface area contributed by atoms with Gasteiger partial charge in [-0.25, -0.2) is 25.3 Å². The van der Waals surface area contributed by atoms with E-state index < -0.39 is 29.9 Å². The fourth-order valence-corrected chi connectivity index (χ4v) is 7.29. The summed E-state index contributed by atoms with van der Waals surface area (Å²) in [4.78, 5) is -1.08. The van der Waals surface area contributed by atoms with Crippen LogP contribution in [0, 0.1) is 13.8 Å². The molecule has 2 N–H and O–H groups in total. The van der Waals surface area contributed by atoms with Crippen molar-refractivity contribution >= 4 is 41.3 Å². The maximum Gasteiger partial charge on any atom is 0.261 e. The van der Waals surface area contributed by atoms with Crippen molar-refractivity contribution in [1.82, 2.24) is 0 Å². The van der Waals surface area contributed by atoms with Crippen molar-refractivity contribution in [3.63, 3.8) is 0 Å². The molecule has 0 radical (unpaired) electrons. The fraction of sp³-hybridized carbons (Fsp3) is 0.0769. The van der Waals surface area contributed by atoms with Gasteiger partial charge in [-0.1, -0.05) is 36.4 Å². The SMILES string of the molecule is Cc1cccc(NS(=O)(=O)c2cccc(S(=O)(=O)c3cccc(S(=O)(=O)Nc4cccc(C)c4)c3)c2)c1. The Bertz CT molecular complexity index is 1670. The van der Waals surface area contributed by atoms with E-state index in [1.54, 1.807) is 36.4 Å². The highest BCUT2D eigenvalue weighted by Crippen LogP contribution is 2.27. The number of sulfonamides is 2. The molecular formula is C26H24N2O6S3. The number of rotatable bonds is 8. The Morgan fingerprint density at radius 1 is 0.459 bits per heavy atom. The Balaban J connectivity index is 1.66. The van der Waals surface area contributed by atoms with Crippen LogP contribution < -0.4 is 9.44 Å². The summed E-state index contributed by atoms with van der Waals surface area (Å²) < 4.78 is 83.3. The molecule has 0 aliphatic carbocycles. The Kier molecular flexibility index (Phi) is 7.13. The van der Waals surface area contributed by atoms with Crippen LogP contribution >= 0.6 is 0 Å². The third-order valence-electron chi connectivity index (χ3n) is 5.39. The zero-order chi connectivity index (χ0) is 26.8. The smallest absolute Gasteiger partial charge is 0.261 e. The molecule has 37 heavy (non-hydrogen) atoms. The highest BCUT2D eigenvalue weighted by atomic mass is 32.2. The summed E-state index contributed by atoms with van der Waals surface area (Å²) in [5.74, 6) is 0. The summed E-state index contributed by atoms with van der Waals surface area (Å²) in [5, 5.41) is 0. The van der Waals surface area contributed by atoms with Crippen LogP contribution in [0.2, 0.25) is 0 Å². The summed E-state index contributed by atoms with van der Waals surface area (Å²) >= 11 is 0. The minimum atomic E-state index is -4.25. The van der Waals surface area contributed by atoms with Crippen LogP contribution in [0.25, 0.3) is 0 Å². The molecule has 0 atom stereocenters. The van der Waals surface area contributed by atoms with Gasteiger partial charge in [0.15, 0.2) is 0 Å². The molecular weight excluding hydrogens is 532 g/mol. The van der Waals surface area contributed by atoms with Crippen molar-refractivity contribution < 1.29 is 25.3 Å². The molecule has 4 aromatic carbocycles. The molecule has 0 spiro atoms. The van der Waals surface area contributed by atoms with E-state index in [9.17, 15) is 25.3 Å². The van der Waals surface area contributed by atoms with Gasteiger partial charge in [0.2, 0.25) is 9.84 Å². The Morgan fingerprint density at radius 3 is 1.19 bits per heavy atom. The Hall–Kier alpha value is -3.67. The van der Waals surface area contributed by atoms with Gasteiger partial charge in [-0.05, 0) is 85.6 Å². The lowest BCUT2D eigenvalue weighted by atomic mass is 10.2. The van der Waals surface area contributed by atoms with Crippen molar-refractivity contribution in [3.05, 3.63) is 108 Å². The molecule has 0 aliphatic heterocycles. The average molecular weight is 557 g/mol. The van der Waals surface area contributed by atoms with Gasteiger partial charge in [0, 0.05) is 11.4 Å². The molecule has 0 fully saturated rings. The van der Waals surface area contributed by atoms with Gasteiger partial charge in [0.1, 0.15) is 0 Å². The van der Waals surface area contributed by atoms with Gasteiger partial charge in [-0.3, -0.25) is 9.44 Å². The van der Waals surface area contributed by atoms with Crippen LogP contribution in [0.4, 0.5) is 11.4 Å². The van der Waals surface area contributed by atoms with E-state index >= 15 is 0 Å². The van der Waals surface area contributed by atoms with Crippen LogP contribution in [0.1, 0.15) is 11.1 Å². The molecule has 0 unspecified atom stereocenters. The fourth-order valence-electron chi connectivity index (χ4n) is 3.60. The molecule has 0 heterocycles. The Morgan fingerprint density at radius 2 is 0.811 bits per heavy atom. The van der Waals surface area contributed by atoms with Gasteiger partial charge in [0.05, 0.1) is 19.6 Å². The molecule has 0 saturated carbocycles. The van der Waals surface area contributed by atoms with Gasteiger partial charge in [0.25, 0.3) is 20.0 Å². The Labute approximate surface area is 217 Å². The molecule has 4 aromatic rings. The minimum Gasteiger partial charge on any atom is -0.280 e. The topological polar surface area (TPSA) is 126 Å². The molecule has 0 amide bonds. The van der Waals surface area contributed by atoms with E-state index in [0.717, 1.165) is 23.3 Å². The maximum atomic E-state index is 13.4. The normalized spacial score (nSPS) is 12.2. The second-order valence-electron chi connectivity index (χ2n) is 8.40. The summed E-state index contributed by atoms with van der Waals surface area (Å²) in [6.07, 6.45) is 0. The summed E-state index contributed by atoms with van der Waals surface area (Å²) in [6.45, 7) is 3.63. The monoisotopic (exact) mass is 556 g/mol. The van der Waals surface area contributed by atoms with Gasteiger partial charge in [-0.2, -0.15) is 0 Å². The molecule has 8 nitrogen and oxygen atoms in total. The van der Waals surface area contributed by atoms with Gasteiger partial charge < -0.3 is 0 Å². The molecule has 11 heteroatoms. The largest absolute Gasteiger partial charge is 0.280 e. The standard InChI is InChI=1S/C26H24N2O6S3/c1-19-7-3-9-21(15-19)27-36(31,32)25-13-5-11-23(17-25)35(29,30)24-12-6-14-26(18-24)37(33,34)28-22-10-4-8-20(2)16-22/h3-18,27-28H,1-2H3. The highest BCUT2D eigenvalue weighted by Gasteiger charge is 2.24. The third kappa shape index (κ3) is 6.01. The zero-order valence-electron chi connectivity index (χ0n) is 19.9. The molecule has 0 aliphatic rings. The lowest BCUT2D eigenvalue weighted by Gasteiger charge is -2.12. The van der Waals surface area contributed by atoms with Crippen LogP contribution in [-0.4, -0.2) is 25.3 Å². The quantitative estimate of drug-likeness (QED) is 0.323. The number of sulfone groups is 1. The van der Waals surface area contributed by atoms with Crippen LogP contribution in [-0.2, 0) is 29.9 Å². The summed E-state index contributed by atoms with van der Waals surface area (Å²) in [5.41, 5.74) is 2.38. The number of aryl methyl sites for hydroxylation is 2. The van der Waals surface area contributed by atoms with Crippen molar-refractivity contribution in [2.45, 2.75) is 33.4 Å². The van der Waals surface area contributed by atoms with E-state index in [1.807, 2.05) is 26.0 Å². The van der Waals surface area contributed by atoms with Crippen LogP contribution in [0.15, 0.2) is 117 Å². The number of benzene rings is 4. The second kappa shape index (κ2) is 10.0. The van der Waals surface area contributed by atoms with E-state index in [1.165, 1.54) is 36.4 Å². The van der Waals surface area contributed by atoms with Crippen LogP contribution in [0.5, 0.6) is 0 Å². The summed E-state index contributed by atoms with van der Waals surface area (Å²) in [6, 6.07) is 23.3. The molecule has 192 valence electrons. The number of hydrogen-bond donors (Lipinski definition) is 2.